The highest BCUT2D eigenvalue weighted by Gasteiger charge is 2.09. The Balaban J connectivity index is 2.10. The molecule has 21 heavy (non-hydrogen) atoms. The SMILES string of the molecule is NCCOc1cccc(NC(=O)c2ccc(O)c(Cl)c2)c1. The van der Waals surface area contributed by atoms with Crippen LogP contribution >= 0.6 is 11.6 Å². The lowest BCUT2D eigenvalue weighted by atomic mass is 10.2. The molecule has 0 saturated heterocycles. The number of amides is 1. The maximum absolute atomic E-state index is 12.1. The predicted octanol–water partition coefficient (Wildman–Crippen LogP) is 2.64. The number of aromatic hydroxyl groups is 1. The number of anilines is 1. The average Bonchev–Trinajstić information content (AvgIpc) is 2.48. The predicted molar refractivity (Wildman–Crippen MR) is 82.1 cm³/mol. The van der Waals surface area contributed by atoms with Gasteiger partial charge in [0.25, 0.3) is 5.91 Å². The van der Waals surface area contributed by atoms with Crippen molar-refractivity contribution in [3.63, 3.8) is 0 Å². The van der Waals surface area contributed by atoms with E-state index >= 15 is 0 Å². The molecule has 1 amide bonds. The molecule has 0 aliphatic rings. The first kappa shape index (κ1) is 15.2. The number of hydrogen-bond acceptors (Lipinski definition) is 4. The monoisotopic (exact) mass is 306 g/mol. The van der Waals surface area contributed by atoms with Gasteiger partial charge in [0.05, 0.1) is 5.02 Å². The summed E-state index contributed by atoms with van der Waals surface area (Å²) in [4.78, 5) is 12.1. The molecule has 0 fully saturated rings. The van der Waals surface area contributed by atoms with Crippen molar-refractivity contribution in [2.75, 3.05) is 18.5 Å². The third kappa shape index (κ3) is 4.11. The third-order valence-electron chi connectivity index (χ3n) is 2.69. The van der Waals surface area contributed by atoms with Crippen molar-refractivity contribution >= 4 is 23.2 Å². The fourth-order valence-corrected chi connectivity index (χ4v) is 1.87. The lowest BCUT2D eigenvalue weighted by Gasteiger charge is -2.09. The minimum Gasteiger partial charge on any atom is -0.506 e. The average molecular weight is 307 g/mol. The number of ether oxygens (including phenoxy) is 1. The van der Waals surface area contributed by atoms with Crippen LogP contribution < -0.4 is 15.8 Å². The zero-order valence-electron chi connectivity index (χ0n) is 11.2. The second kappa shape index (κ2) is 6.97. The van der Waals surface area contributed by atoms with Crippen LogP contribution in [0.4, 0.5) is 5.69 Å². The zero-order chi connectivity index (χ0) is 15.2. The number of nitrogens with two attached hydrogens (primary N) is 1. The van der Waals surface area contributed by atoms with Crippen LogP contribution in [0.1, 0.15) is 10.4 Å². The van der Waals surface area contributed by atoms with Crippen LogP contribution in [0, 0.1) is 0 Å². The van der Waals surface area contributed by atoms with Gasteiger partial charge in [0.2, 0.25) is 0 Å². The molecule has 0 saturated carbocycles. The summed E-state index contributed by atoms with van der Waals surface area (Å²) in [5.74, 6) is 0.236. The van der Waals surface area contributed by atoms with Crippen LogP contribution in [0.2, 0.25) is 5.02 Å². The van der Waals surface area contributed by atoms with Gasteiger partial charge >= 0.3 is 0 Å². The highest BCUT2D eigenvalue weighted by atomic mass is 35.5. The van der Waals surface area contributed by atoms with Gasteiger partial charge in [-0.3, -0.25) is 4.79 Å². The van der Waals surface area contributed by atoms with E-state index < -0.39 is 0 Å². The normalized spacial score (nSPS) is 10.2. The Hall–Kier alpha value is -2.24. The van der Waals surface area contributed by atoms with Gasteiger partial charge < -0.3 is 20.9 Å². The lowest BCUT2D eigenvalue weighted by Crippen LogP contribution is -2.13. The highest BCUT2D eigenvalue weighted by molar-refractivity contribution is 6.32. The fourth-order valence-electron chi connectivity index (χ4n) is 1.69. The van der Waals surface area contributed by atoms with Gasteiger partial charge in [0.1, 0.15) is 18.1 Å². The first-order valence-electron chi connectivity index (χ1n) is 6.33. The molecule has 0 atom stereocenters. The summed E-state index contributed by atoms with van der Waals surface area (Å²) in [6.45, 7) is 0.827. The van der Waals surface area contributed by atoms with Crippen molar-refractivity contribution in [1.29, 1.82) is 0 Å². The molecule has 0 heterocycles. The second-order valence-corrected chi connectivity index (χ2v) is 4.69. The van der Waals surface area contributed by atoms with E-state index in [4.69, 9.17) is 22.1 Å². The Bertz CT molecular complexity index is 647. The van der Waals surface area contributed by atoms with Crippen molar-refractivity contribution in [3.05, 3.63) is 53.1 Å². The molecule has 0 aliphatic heterocycles. The van der Waals surface area contributed by atoms with E-state index in [0.29, 0.717) is 30.2 Å². The van der Waals surface area contributed by atoms with Crippen LogP contribution in [-0.4, -0.2) is 24.2 Å². The molecule has 2 rings (SSSR count). The molecule has 110 valence electrons. The largest absolute Gasteiger partial charge is 0.506 e. The smallest absolute Gasteiger partial charge is 0.255 e. The van der Waals surface area contributed by atoms with E-state index in [1.54, 1.807) is 24.3 Å². The molecular weight excluding hydrogens is 292 g/mol. The molecule has 6 heteroatoms. The van der Waals surface area contributed by atoms with Gasteiger partial charge in [-0.2, -0.15) is 0 Å². The Labute approximate surface area is 127 Å². The molecular formula is C15H15ClN2O3. The van der Waals surface area contributed by atoms with E-state index in [9.17, 15) is 9.90 Å². The topological polar surface area (TPSA) is 84.6 Å². The van der Waals surface area contributed by atoms with Crippen molar-refractivity contribution < 1.29 is 14.6 Å². The van der Waals surface area contributed by atoms with Gasteiger partial charge in [-0.25, -0.2) is 0 Å². The van der Waals surface area contributed by atoms with E-state index in [0.717, 1.165) is 0 Å². The van der Waals surface area contributed by atoms with E-state index in [1.807, 2.05) is 0 Å². The summed E-state index contributed by atoms with van der Waals surface area (Å²) < 4.78 is 5.39. The Morgan fingerprint density at radius 3 is 2.81 bits per heavy atom. The number of benzene rings is 2. The van der Waals surface area contributed by atoms with Crippen molar-refractivity contribution in [1.82, 2.24) is 0 Å². The number of rotatable bonds is 5. The number of carbonyl (C=O) groups is 1. The molecule has 2 aromatic carbocycles. The van der Waals surface area contributed by atoms with Crippen molar-refractivity contribution in [2.24, 2.45) is 5.73 Å². The van der Waals surface area contributed by atoms with Crippen LogP contribution in [0.3, 0.4) is 0 Å². The molecule has 0 bridgehead atoms. The number of nitrogens with one attached hydrogen (secondary N) is 1. The molecule has 0 spiro atoms. The van der Waals surface area contributed by atoms with Crippen LogP contribution in [0.5, 0.6) is 11.5 Å². The second-order valence-electron chi connectivity index (χ2n) is 4.29. The first-order chi connectivity index (χ1) is 10.1. The van der Waals surface area contributed by atoms with Gasteiger partial charge in [-0.1, -0.05) is 17.7 Å². The summed E-state index contributed by atoms with van der Waals surface area (Å²) in [6.07, 6.45) is 0. The van der Waals surface area contributed by atoms with Crippen molar-refractivity contribution in [3.8, 4) is 11.5 Å². The Morgan fingerprint density at radius 2 is 2.10 bits per heavy atom. The van der Waals surface area contributed by atoms with Gasteiger partial charge in [-0.15, -0.1) is 0 Å². The number of carbonyl (C=O) groups excluding carboxylic acids is 1. The molecule has 5 nitrogen and oxygen atoms in total. The summed E-state index contributed by atoms with van der Waals surface area (Å²) >= 11 is 5.78. The van der Waals surface area contributed by atoms with Gasteiger partial charge in [0, 0.05) is 23.9 Å². The number of phenolic OH excluding ortho intramolecular Hbond substituents is 1. The fraction of sp³-hybridized carbons (Fsp3) is 0.133. The Kier molecular flexibility index (Phi) is 5.03. The maximum Gasteiger partial charge on any atom is 0.255 e. The van der Waals surface area contributed by atoms with Crippen LogP contribution in [-0.2, 0) is 0 Å². The minimum atomic E-state index is -0.326. The van der Waals surface area contributed by atoms with Crippen molar-refractivity contribution in [2.45, 2.75) is 0 Å². The third-order valence-corrected chi connectivity index (χ3v) is 2.99. The van der Waals surface area contributed by atoms with Crippen LogP contribution in [0.15, 0.2) is 42.5 Å². The van der Waals surface area contributed by atoms with Gasteiger partial charge in [-0.05, 0) is 30.3 Å². The van der Waals surface area contributed by atoms with Gasteiger partial charge in [0.15, 0.2) is 0 Å². The number of halogens is 1. The summed E-state index contributed by atoms with van der Waals surface area (Å²) in [6, 6.07) is 11.3. The van der Waals surface area contributed by atoms with Crippen LogP contribution in [0.25, 0.3) is 0 Å². The molecule has 0 aliphatic carbocycles. The highest BCUT2D eigenvalue weighted by Crippen LogP contribution is 2.24. The lowest BCUT2D eigenvalue weighted by molar-refractivity contribution is 0.102. The summed E-state index contributed by atoms with van der Waals surface area (Å²) in [7, 11) is 0. The standard InChI is InChI=1S/C15H15ClN2O3/c16-13-8-10(4-5-14(13)19)15(20)18-11-2-1-3-12(9-11)21-7-6-17/h1-5,8-9,19H,6-7,17H2,(H,18,20). The molecule has 0 unspecified atom stereocenters. The Morgan fingerprint density at radius 1 is 1.29 bits per heavy atom. The van der Waals surface area contributed by atoms with E-state index in [1.165, 1.54) is 18.2 Å². The molecule has 0 radical (unpaired) electrons. The maximum atomic E-state index is 12.1. The summed E-state index contributed by atoms with van der Waals surface area (Å²) in [5, 5.41) is 12.2. The molecule has 4 N–H and O–H groups in total. The zero-order valence-corrected chi connectivity index (χ0v) is 11.9. The number of hydrogen-bond donors (Lipinski definition) is 3. The van der Waals surface area contributed by atoms with E-state index in [2.05, 4.69) is 5.32 Å². The summed E-state index contributed by atoms with van der Waals surface area (Å²) in [5.41, 5.74) is 6.32. The first-order valence-corrected chi connectivity index (χ1v) is 6.71. The molecule has 2 aromatic rings. The van der Waals surface area contributed by atoms with E-state index in [-0.39, 0.29) is 16.7 Å². The minimum absolute atomic E-state index is 0.0644. The number of phenols is 1. The molecule has 0 aromatic heterocycles. The quantitative estimate of drug-likeness (QED) is 0.793.